The second kappa shape index (κ2) is 10.2. The predicted octanol–water partition coefficient (Wildman–Crippen LogP) is 4.84. The van der Waals surface area contributed by atoms with E-state index >= 15 is 0 Å². The molecule has 1 N–H and O–H groups in total. The summed E-state index contributed by atoms with van der Waals surface area (Å²) in [7, 11) is 0. The minimum atomic E-state index is -0.0727. The van der Waals surface area contributed by atoms with Crippen molar-refractivity contribution in [3.05, 3.63) is 88.2 Å². The average Bonchev–Trinajstić information content (AvgIpc) is 3.15. The summed E-state index contributed by atoms with van der Waals surface area (Å²) in [5.41, 5.74) is 7.52. The van der Waals surface area contributed by atoms with E-state index < -0.39 is 0 Å². The Hall–Kier alpha value is -3.12. The number of rotatable bonds is 5. The quantitative estimate of drug-likeness (QED) is 0.579. The maximum atomic E-state index is 13.5. The van der Waals surface area contributed by atoms with Crippen LogP contribution >= 0.6 is 0 Å². The van der Waals surface area contributed by atoms with Crippen LogP contribution in [0.5, 0.6) is 0 Å². The van der Waals surface area contributed by atoms with Gasteiger partial charge in [-0.3, -0.25) is 9.58 Å². The first-order valence-electron chi connectivity index (χ1n) is 13.0. The fourth-order valence-corrected chi connectivity index (χ4v) is 5.89. The summed E-state index contributed by atoms with van der Waals surface area (Å²) in [5, 5.41) is 7.92. The molecule has 2 aromatic carbocycles. The molecule has 6 nitrogen and oxygen atoms in total. The number of likely N-dealkylation sites (tertiary alicyclic amines) is 1. The number of fused-ring (bicyclic) bond motifs is 1. The summed E-state index contributed by atoms with van der Waals surface area (Å²) in [4.78, 5) is 18.2. The van der Waals surface area contributed by atoms with Gasteiger partial charge in [-0.2, -0.15) is 5.10 Å². The van der Waals surface area contributed by atoms with E-state index in [-0.39, 0.29) is 18.1 Å². The van der Waals surface area contributed by atoms with Crippen molar-refractivity contribution < 1.29 is 4.79 Å². The third kappa shape index (κ3) is 4.72. The minimum Gasteiger partial charge on any atom is -0.338 e. The number of urea groups is 1. The number of nitrogens with zero attached hydrogens (tertiary/aromatic N) is 4. The van der Waals surface area contributed by atoms with Gasteiger partial charge in [-0.15, -0.1) is 0 Å². The van der Waals surface area contributed by atoms with E-state index in [0.717, 1.165) is 51.1 Å². The van der Waals surface area contributed by atoms with Crippen LogP contribution in [0.4, 0.5) is 4.79 Å². The molecule has 0 aliphatic carbocycles. The molecule has 1 fully saturated rings. The Morgan fingerprint density at radius 1 is 1.00 bits per heavy atom. The predicted molar refractivity (Wildman–Crippen MR) is 139 cm³/mol. The van der Waals surface area contributed by atoms with Crippen molar-refractivity contribution in [2.45, 2.75) is 65.2 Å². The van der Waals surface area contributed by atoms with Gasteiger partial charge in [0, 0.05) is 50.0 Å². The third-order valence-electron chi connectivity index (χ3n) is 7.81. The van der Waals surface area contributed by atoms with Crippen molar-refractivity contribution in [3.8, 4) is 0 Å². The van der Waals surface area contributed by atoms with Crippen molar-refractivity contribution in [1.29, 1.82) is 0 Å². The Morgan fingerprint density at radius 3 is 2.43 bits per heavy atom. The van der Waals surface area contributed by atoms with E-state index in [0.29, 0.717) is 6.54 Å². The number of piperidine rings is 1. The first-order valence-corrected chi connectivity index (χ1v) is 13.0. The van der Waals surface area contributed by atoms with Crippen molar-refractivity contribution >= 4 is 6.03 Å². The number of aryl methyl sites for hydroxylation is 2. The molecule has 2 amide bonds. The zero-order valence-electron chi connectivity index (χ0n) is 21.2. The lowest BCUT2D eigenvalue weighted by Crippen LogP contribution is -2.53. The van der Waals surface area contributed by atoms with Gasteiger partial charge in [0.15, 0.2) is 0 Å². The second-order valence-corrected chi connectivity index (χ2v) is 9.87. The summed E-state index contributed by atoms with van der Waals surface area (Å²) in [5.74, 6) is 0. The summed E-state index contributed by atoms with van der Waals surface area (Å²) in [6, 6.07) is 19.4. The van der Waals surface area contributed by atoms with Crippen LogP contribution in [-0.2, 0) is 19.5 Å². The summed E-state index contributed by atoms with van der Waals surface area (Å²) in [6.07, 6.45) is 2.81. The largest absolute Gasteiger partial charge is 0.338 e. The van der Waals surface area contributed by atoms with E-state index in [9.17, 15) is 4.79 Å². The summed E-state index contributed by atoms with van der Waals surface area (Å²) in [6.45, 7) is 10.9. The molecule has 2 aliphatic heterocycles. The van der Waals surface area contributed by atoms with Crippen LogP contribution in [0.25, 0.3) is 0 Å². The highest BCUT2D eigenvalue weighted by Gasteiger charge is 2.36. The molecule has 6 heteroatoms. The second-order valence-electron chi connectivity index (χ2n) is 9.87. The number of amides is 2. The Kier molecular flexibility index (Phi) is 6.91. The number of hydrogen-bond donors (Lipinski definition) is 1. The van der Waals surface area contributed by atoms with Crippen LogP contribution in [0, 0.1) is 13.8 Å². The van der Waals surface area contributed by atoms with Gasteiger partial charge in [-0.05, 0) is 56.7 Å². The van der Waals surface area contributed by atoms with E-state index in [4.69, 9.17) is 5.10 Å². The molecule has 1 aromatic heterocycles. The summed E-state index contributed by atoms with van der Waals surface area (Å²) < 4.78 is 2.10. The molecule has 184 valence electrons. The number of carbonyl (C=O) groups is 1. The number of aromatic nitrogens is 2. The van der Waals surface area contributed by atoms with Gasteiger partial charge in [0.1, 0.15) is 0 Å². The lowest BCUT2D eigenvalue weighted by Gasteiger charge is -2.44. The van der Waals surface area contributed by atoms with E-state index in [2.05, 4.69) is 89.1 Å². The fourth-order valence-electron chi connectivity index (χ4n) is 5.89. The van der Waals surface area contributed by atoms with Gasteiger partial charge < -0.3 is 10.2 Å². The topological polar surface area (TPSA) is 53.4 Å². The molecule has 3 heterocycles. The van der Waals surface area contributed by atoms with Crippen molar-refractivity contribution in [2.24, 2.45) is 0 Å². The highest BCUT2D eigenvalue weighted by Crippen LogP contribution is 2.36. The van der Waals surface area contributed by atoms with E-state index in [1.807, 2.05) is 6.07 Å². The first kappa shape index (κ1) is 23.6. The fraction of sp³-hybridized carbons (Fsp3) is 0.448. The monoisotopic (exact) mass is 471 g/mol. The van der Waals surface area contributed by atoms with Crippen LogP contribution in [-0.4, -0.2) is 51.3 Å². The average molecular weight is 472 g/mol. The third-order valence-corrected chi connectivity index (χ3v) is 7.81. The molecule has 1 unspecified atom stereocenters. The normalized spacial score (nSPS) is 19.7. The molecule has 2 aliphatic rings. The van der Waals surface area contributed by atoms with Gasteiger partial charge in [0.2, 0.25) is 0 Å². The highest BCUT2D eigenvalue weighted by molar-refractivity contribution is 5.76. The zero-order valence-corrected chi connectivity index (χ0v) is 21.2. The first-order chi connectivity index (χ1) is 17.1. The molecule has 35 heavy (non-hydrogen) atoms. The Labute approximate surface area is 208 Å². The van der Waals surface area contributed by atoms with Crippen LogP contribution < -0.4 is 5.32 Å². The lowest BCUT2D eigenvalue weighted by molar-refractivity contribution is 0.0997. The van der Waals surface area contributed by atoms with Crippen LogP contribution in [0.3, 0.4) is 0 Å². The Bertz CT molecular complexity index is 1160. The molecule has 1 atom stereocenters. The number of nitrogens with one attached hydrogen (secondary N) is 1. The standard InChI is InChI=1S/C29H37N5O/c1-4-33-22(3)27(21(2)31-33)20-32-18-15-25(16-19-32)34-28(24-11-6-5-7-12-24)26-13-9-8-10-23(26)14-17-30-29(34)35/h5-13,25,28H,4,14-20H2,1-3H3,(H,30,35). The minimum absolute atomic E-state index is 0.0581. The molecule has 0 radical (unpaired) electrons. The molecular formula is C29H37N5O. The molecule has 5 rings (SSSR count). The molecular weight excluding hydrogens is 434 g/mol. The lowest BCUT2D eigenvalue weighted by atomic mass is 9.89. The maximum absolute atomic E-state index is 13.5. The zero-order chi connectivity index (χ0) is 24.4. The molecule has 0 bridgehead atoms. The van der Waals surface area contributed by atoms with Gasteiger partial charge >= 0.3 is 6.03 Å². The van der Waals surface area contributed by atoms with Gasteiger partial charge in [0.25, 0.3) is 0 Å². The molecule has 0 saturated carbocycles. The number of hydrogen-bond acceptors (Lipinski definition) is 3. The Balaban J connectivity index is 1.40. The van der Waals surface area contributed by atoms with Crippen molar-refractivity contribution in [1.82, 2.24) is 24.9 Å². The van der Waals surface area contributed by atoms with Crippen LogP contribution in [0.15, 0.2) is 54.6 Å². The van der Waals surface area contributed by atoms with Crippen LogP contribution in [0.2, 0.25) is 0 Å². The number of benzene rings is 2. The van der Waals surface area contributed by atoms with Crippen molar-refractivity contribution in [2.75, 3.05) is 19.6 Å². The maximum Gasteiger partial charge on any atom is 0.318 e. The Morgan fingerprint density at radius 2 is 1.71 bits per heavy atom. The van der Waals surface area contributed by atoms with Gasteiger partial charge in [-0.25, -0.2) is 4.79 Å². The van der Waals surface area contributed by atoms with Crippen LogP contribution in [0.1, 0.15) is 59.4 Å². The molecule has 0 spiro atoms. The number of carbonyl (C=O) groups excluding carboxylic acids is 1. The van der Waals surface area contributed by atoms with E-state index in [1.165, 1.54) is 27.9 Å². The van der Waals surface area contributed by atoms with Gasteiger partial charge in [0.05, 0.1) is 11.7 Å². The smallest absolute Gasteiger partial charge is 0.318 e. The van der Waals surface area contributed by atoms with Crippen molar-refractivity contribution in [3.63, 3.8) is 0 Å². The SMILES string of the molecule is CCn1nc(C)c(CN2CCC(N3C(=O)NCCc4ccccc4C3c3ccccc3)CC2)c1C. The van der Waals surface area contributed by atoms with Gasteiger partial charge in [-0.1, -0.05) is 54.6 Å². The molecule has 1 saturated heterocycles. The highest BCUT2D eigenvalue weighted by atomic mass is 16.2. The summed E-state index contributed by atoms with van der Waals surface area (Å²) >= 11 is 0. The van der Waals surface area contributed by atoms with E-state index in [1.54, 1.807) is 0 Å². The molecule has 3 aromatic rings.